The van der Waals surface area contributed by atoms with Gasteiger partial charge < -0.3 is 14.8 Å². The van der Waals surface area contributed by atoms with Crippen LogP contribution in [-0.2, 0) is 28.0 Å². The molecule has 2 amide bonds. The lowest BCUT2D eigenvalue weighted by atomic mass is 10.2. The van der Waals surface area contributed by atoms with Crippen LogP contribution in [0.2, 0.25) is 0 Å². The maximum Gasteiger partial charge on any atom is 0.425 e. The van der Waals surface area contributed by atoms with Crippen molar-refractivity contribution < 1.29 is 58.6 Å². The molecule has 3 heterocycles. The Balaban J connectivity index is 0.000000355. The van der Waals surface area contributed by atoms with Gasteiger partial charge in [0.2, 0.25) is 0 Å². The van der Waals surface area contributed by atoms with Gasteiger partial charge in [0.1, 0.15) is 30.8 Å². The van der Waals surface area contributed by atoms with E-state index < -0.39 is 56.5 Å². The molecule has 260 valence electrons. The fraction of sp³-hybridized carbons (Fsp3) is 0.481. The fourth-order valence-corrected chi connectivity index (χ4v) is 4.98. The number of carbonyl (C=O) groups excluding carboxylic acids is 2. The van der Waals surface area contributed by atoms with Gasteiger partial charge in [-0.15, -0.1) is 34.0 Å². The third-order valence-corrected chi connectivity index (χ3v) is 7.91. The van der Waals surface area contributed by atoms with E-state index in [-0.39, 0.29) is 10.0 Å². The maximum atomic E-state index is 12.4. The zero-order chi connectivity index (χ0) is 35.9. The highest BCUT2D eigenvalue weighted by atomic mass is 32.1. The number of hydrogen-bond donors (Lipinski definition) is 2. The van der Waals surface area contributed by atoms with E-state index in [1.54, 1.807) is 48.6 Å². The summed E-state index contributed by atoms with van der Waals surface area (Å²) in [6.45, 7) is 10.1. The second-order valence-electron chi connectivity index (χ2n) is 10.9. The van der Waals surface area contributed by atoms with E-state index in [1.807, 2.05) is 0 Å². The van der Waals surface area contributed by atoms with Gasteiger partial charge in [0.25, 0.3) is 0 Å². The zero-order valence-electron chi connectivity index (χ0n) is 25.7. The molecular formula is C27H32F9N3O4S3. The van der Waals surface area contributed by atoms with Crippen LogP contribution in [0.15, 0.2) is 36.4 Å². The largest absolute Gasteiger partial charge is 0.444 e. The minimum atomic E-state index is -4.39. The number of halogens is 9. The normalized spacial score (nSPS) is 12.2. The molecule has 0 aliphatic carbocycles. The first kappa shape index (κ1) is 40.8. The number of thiophene rings is 3. The summed E-state index contributed by atoms with van der Waals surface area (Å²) >= 11 is 1.66. The van der Waals surface area contributed by atoms with Crippen LogP contribution >= 0.6 is 34.0 Å². The predicted octanol–water partition coefficient (Wildman–Crippen LogP) is 11.1. The smallest absolute Gasteiger partial charge is 0.425 e. The predicted molar refractivity (Wildman–Crippen MR) is 162 cm³/mol. The Morgan fingerprint density at radius 2 is 1.02 bits per heavy atom. The quantitative estimate of drug-likeness (QED) is 0.262. The molecule has 0 aromatic carbocycles. The molecular weight excluding hydrogens is 697 g/mol. The molecule has 46 heavy (non-hydrogen) atoms. The first-order valence-electron chi connectivity index (χ1n) is 12.8. The highest BCUT2D eigenvalue weighted by Crippen LogP contribution is 2.39. The molecule has 0 unspecified atom stereocenters. The highest BCUT2D eigenvalue weighted by molar-refractivity contribution is 7.16. The molecule has 19 heteroatoms. The topological polar surface area (TPSA) is 79.9 Å². The van der Waals surface area contributed by atoms with Crippen molar-refractivity contribution in [2.75, 3.05) is 29.6 Å². The second-order valence-corrected chi connectivity index (χ2v) is 14.1. The monoisotopic (exact) mass is 729 g/mol. The number of amides is 2. The van der Waals surface area contributed by atoms with Crippen LogP contribution in [0.5, 0.6) is 0 Å². The van der Waals surface area contributed by atoms with E-state index in [0.29, 0.717) is 39.0 Å². The van der Waals surface area contributed by atoms with Crippen molar-refractivity contribution in [3.8, 4) is 0 Å². The van der Waals surface area contributed by atoms with Gasteiger partial charge in [-0.05, 0) is 77.9 Å². The summed E-state index contributed by atoms with van der Waals surface area (Å²) < 4.78 is 120. The van der Waals surface area contributed by atoms with Crippen LogP contribution < -0.4 is 15.5 Å². The van der Waals surface area contributed by atoms with Gasteiger partial charge in [-0.3, -0.25) is 10.2 Å². The van der Waals surface area contributed by atoms with E-state index in [4.69, 9.17) is 9.47 Å². The number of ether oxygens (including phenoxy) is 2. The number of carbonyl (C=O) groups is 2. The average molecular weight is 730 g/mol. The maximum absolute atomic E-state index is 12.4. The van der Waals surface area contributed by atoms with Crippen molar-refractivity contribution in [2.45, 2.75) is 71.3 Å². The lowest BCUT2D eigenvalue weighted by Crippen LogP contribution is -2.33. The van der Waals surface area contributed by atoms with Crippen LogP contribution in [0.3, 0.4) is 0 Å². The van der Waals surface area contributed by atoms with E-state index in [2.05, 4.69) is 10.6 Å². The van der Waals surface area contributed by atoms with Gasteiger partial charge in [0.15, 0.2) is 0 Å². The lowest BCUT2D eigenvalue weighted by molar-refractivity contribution is -0.135. The number of anilines is 3. The number of nitrogens with zero attached hydrogens (tertiary/aromatic N) is 1. The summed E-state index contributed by atoms with van der Waals surface area (Å²) in [6.07, 6.45) is -14.4. The molecule has 0 spiro atoms. The Labute approximate surface area is 271 Å². The minimum Gasteiger partial charge on any atom is -0.444 e. The molecule has 7 nitrogen and oxygen atoms in total. The Morgan fingerprint density at radius 1 is 0.630 bits per heavy atom. The second kappa shape index (κ2) is 15.6. The molecule has 3 aromatic heterocycles. The molecule has 0 bridgehead atoms. The van der Waals surface area contributed by atoms with Crippen molar-refractivity contribution >= 4 is 61.2 Å². The van der Waals surface area contributed by atoms with Crippen molar-refractivity contribution in [2.24, 2.45) is 0 Å². The summed E-state index contributed by atoms with van der Waals surface area (Å²) in [7, 11) is 2.96. The van der Waals surface area contributed by atoms with E-state index in [0.717, 1.165) is 23.1 Å². The summed E-state index contributed by atoms with van der Waals surface area (Å²) in [5, 5.41) is 5.71. The molecule has 3 rings (SSSR count). The highest BCUT2D eigenvalue weighted by Gasteiger charge is 2.34. The van der Waals surface area contributed by atoms with Crippen LogP contribution in [0.25, 0.3) is 0 Å². The van der Waals surface area contributed by atoms with Gasteiger partial charge in [-0.2, -0.15) is 39.5 Å². The molecule has 0 aliphatic rings. The Morgan fingerprint density at radius 3 is 1.37 bits per heavy atom. The van der Waals surface area contributed by atoms with E-state index in [1.165, 1.54) is 25.2 Å². The van der Waals surface area contributed by atoms with Gasteiger partial charge in [0, 0.05) is 14.1 Å². The molecule has 0 saturated heterocycles. The molecule has 0 aliphatic heterocycles. The summed E-state index contributed by atoms with van der Waals surface area (Å²) in [4.78, 5) is 21.9. The first-order chi connectivity index (χ1) is 20.6. The molecule has 0 radical (unpaired) electrons. The molecule has 0 saturated carbocycles. The Bertz CT molecular complexity index is 1410. The SMILES string of the molecule is CC(C)(C)OC(=O)Nc1ccc(C(F)(F)F)s1.CN(C(=O)OC(C)(C)C)c1ccc(C(F)(F)F)s1.CNc1ccc(C(F)(F)F)s1. The molecule has 2 N–H and O–H groups in total. The Kier molecular flexibility index (Phi) is 13.8. The summed E-state index contributed by atoms with van der Waals surface area (Å²) in [5.41, 5.74) is -1.37. The van der Waals surface area contributed by atoms with Crippen LogP contribution in [0.4, 0.5) is 64.1 Å². The fourth-order valence-electron chi connectivity index (χ4n) is 2.67. The van der Waals surface area contributed by atoms with E-state index >= 15 is 0 Å². The number of hydrogen-bond acceptors (Lipinski definition) is 8. The summed E-state index contributed by atoms with van der Waals surface area (Å²) in [6, 6.07) is 6.77. The van der Waals surface area contributed by atoms with Crippen molar-refractivity contribution in [1.29, 1.82) is 0 Å². The Hall–Kier alpha value is -3.19. The van der Waals surface area contributed by atoms with Gasteiger partial charge in [-0.1, -0.05) is 0 Å². The molecule has 0 atom stereocenters. The molecule has 0 fully saturated rings. The van der Waals surface area contributed by atoms with Crippen LogP contribution in [-0.4, -0.2) is 37.5 Å². The number of nitrogens with one attached hydrogen (secondary N) is 2. The number of rotatable bonds is 3. The summed E-state index contributed by atoms with van der Waals surface area (Å²) in [5.74, 6) is 0. The van der Waals surface area contributed by atoms with Crippen molar-refractivity contribution in [3.05, 3.63) is 51.0 Å². The standard InChI is InChI=1S/C11H14F3NO2S.C10H12F3NO2S.C6H6F3NS/c1-10(2,3)17-9(16)15(4)8-6-5-7(18-8)11(12,13)14;1-9(2,3)16-8(15)14-7-5-4-6(17-7)10(11,12)13;1-10-5-3-2-4(11-5)6(7,8)9/h5-6H,1-4H3;4-5H,1-3H3,(H,14,15);2-3,10H,1H3. The zero-order valence-corrected chi connectivity index (χ0v) is 28.1. The van der Waals surface area contributed by atoms with Gasteiger partial charge in [0.05, 0.1) is 10.0 Å². The van der Waals surface area contributed by atoms with Gasteiger partial charge >= 0.3 is 30.7 Å². The molecule has 3 aromatic rings. The number of alkyl halides is 9. The van der Waals surface area contributed by atoms with Crippen molar-refractivity contribution in [1.82, 2.24) is 0 Å². The first-order valence-corrected chi connectivity index (χ1v) is 15.2. The van der Waals surface area contributed by atoms with E-state index in [9.17, 15) is 49.1 Å². The minimum absolute atomic E-state index is 0.103. The average Bonchev–Trinajstić information content (AvgIpc) is 3.61. The third kappa shape index (κ3) is 14.9. The van der Waals surface area contributed by atoms with Crippen LogP contribution in [0, 0.1) is 0 Å². The van der Waals surface area contributed by atoms with Crippen molar-refractivity contribution in [3.63, 3.8) is 0 Å². The third-order valence-electron chi connectivity index (χ3n) is 4.51. The van der Waals surface area contributed by atoms with Crippen LogP contribution in [0.1, 0.15) is 56.2 Å². The lowest BCUT2D eigenvalue weighted by Gasteiger charge is -2.23. The van der Waals surface area contributed by atoms with Gasteiger partial charge in [-0.25, -0.2) is 9.59 Å².